The van der Waals surface area contributed by atoms with Crippen LogP contribution in [0.3, 0.4) is 0 Å². The van der Waals surface area contributed by atoms with Gasteiger partial charge in [0.2, 0.25) is 0 Å². The summed E-state index contributed by atoms with van der Waals surface area (Å²) in [5, 5.41) is 0. The third-order valence-electron chi connectivity index (χ3n) is 3.60. The predicted octanol–water partition coefficient (Wildman–Crippen LogP) is 3.09. The molecule has 0 spiro atoms. The van der Waals surface area contributed by atoms with Crippen molar-refractivity contribution < 1.29 is 0 Å². The molecule has 0 saturated carbocycles. The van der Waals surface area contributed by atoms with Gasteiger partial charge in [0.15, 0.2) is 0 Å². The van der Waals surface area contributed by atoms with Crippen molar-refractivity contribution in [3.05, 3.63) is 29.8 Å². The van der Waals surface area contributed by atoms with E-state index >= 15 is 0 Å². The third kappa shape index (κ3) is 2.22. The first-order valence-electron chi connectivity index (χ1n) is 6.34. The molecule has 1 aromatic carbocycles. The molecule has 0 amide bonds. The van der Waals surface area contributed by atoms with Crippen molar-refractivity contribution in [1.82, 2.24) is 0 Å². The molecule has 1 heterocycles. The van der Waals surface area contributed by atoms with Crippen LogP contribution in [-0.2, 0) is 0 Å². The smallest absolute Gasteiger partial charge is 0.0368 e. The highest BCUT2D eigenvalue weighted by Crippen LogP contribution is 2.27. The van der Waals surface area contributed by atoms with Crippen LogP contribution in [0.15, 0.2) is 24.3 Å². The van der Waals surface area contributed by atoms with Crippen molar-refractivity contribution in [3.63, 3.8) is 0 Å². The number of rotatable bonds is 3. The Kier molecular flexibility index (Phi) is 3.49. The summed E-state index contributed by atoms with van der Waals surface area (Å²) in [6, 6.07) is 9.62. The average molecular weight is 218 g/mol. The molecule has 0 bridgehead atoms. The first kappa shape index (κ1) is 11.5. The first-order valence-corrected chi connectivity index (χ1v) is 6.34. The summed E-state index contributed by atoms with van der Waals surface area (Å²) in [6.07, 6.45) is 3.91. The van der Waals surface area contributed by atoms with Crippen LogP contribution in [-0.4, -0.2) is 12.6 Å². The number of nitrogens with two attached hydrogens (primary N) is 1. The fraction of sp³-hybridized carbons (Fsp3) is 0.571. The predicted molar refractivity (Wildman–Crippen MR) is 69.7 cm³/mol. The number of anilines is 1. The topological polar surface area (TPSA) is 29.3 Å². The third-order valence-corrected chi connectivity index (χ3v) is 3.60. The lowest BCUT2D eigenvalue weighted by molar-refractivity contribution is 0.645. The van der Waals surface area contributed by atoms with Crippen LogP contribution in [0.1, 0.15) is 44.7 Å². The Balaban J connectivity index is 2.15. The number of hydrogen-bond donors (Lipinski definition) is 1. The van der Waals surface area contributed by atoms with Gasteiger partial charge in [0, 0.05) is 24.3 Å². The second-order valence-electron chi connectivity index (χ2n) is 4.78. The van der Waals surface area contributed by atoms with Crippen LogP contribution in [0.4, 0.5) is 5.69 Å². The molecule has 0 aromatic heterocycles. The molecule has 2 rings (SSSR count). The van der Waals surface area contributed by atoms with E-state index in [1.54, 1.807) is 0 Å². The molecule has 1 saturated heterocycles. The average Bonchev–Trinajstić information content (AvgIpc) is 2.77. The zero-order valence-corrected chi connectivity index (χ0v) is 10.3. The first-order chi connectivity index (χ1) is 7.72. The van der Waals surface area contributed by atoms with E-state index in [0.717, 1.165) is 6.04 Å². The maximum Gasteiger partial charge on any atom is 0.0368 e. The summed E-state index contributed by atoms with van der Waals surface area (Å²) in [6.45, 7) is 5.51. The van der Waals surface area contributed by atoms with Gasteiger partial charge in [-0.15, -0.1) is 0 Å². The molecule has 1 aliphatic heterocycles. The highest BCUT2D eigenvalue weighted by atomic mass is 15.2. The molecule has 1 fully saturated rings. The van der Waals surface area contributed by atoms with Gasteiger partial charge in [0.05, 0.1) is 0 Å². The molecule has 0 aliphatic carbocycles. The Morgan fingerprint density at radius 2 is 2.06 bits per heavy atom. The van der Waals surface area contributed by atoms with Crippen molar-refractivity contribution in [2.75, 3.05) is 11.4 Å². The lowest BCUT2D eigenvalue weighted by atomic mass is 10.1. The van der Waals surface area contributed by atoms with Crippen molar-refractivity contribution in [2.45, 2.75) is 45.2 Å². The number of nitrogens with zero attached hydrogens (tertiary/aromatic N) is 1. The van der Waals surface area contributed by atoms with E-state index in [1.165, 1.54) is 37.1 Å². The minimum atomic E-state index is 0.134. The van der Waals surface area contributed by atoms with Gasteiger partial charge in [0.1, 0.15) is 0 Å². The van der Waals surface area contributed by atoms with Gasteiger partial charge in [-0.2, -0.15) is 0 Å². The monoisotopic (exact) mass is 218 g/mol. The molecule has 1 aliphatic rings. The Morgan fingerprint density at radius 1 is 1.38 bits per heavy atom. The highest BCUT2D eigenvalue weighted by molar-refractivity contribution is 5.49. The molecule has 1 unspecified atom stereocenters. The quantitative estimate of drug-likeness (QED) is 0.844. The fourth-order valence-electron chi connectivity index (χ4n) is 2.57. The van der Waals surface area contributed by atoms with Gasteiger partial charge in [0.25, 0.3) is 0 Å². The Labute approximate surface area is 98.4 Å². The minimum absolute atomic E-state index is 0.134. The lowest BCUT2D eigenvalue weighted by Crippen LogP contribution is -2.28. The van der Waals surface area contributed by atoms with E-state index < -0.39 is 0 Å². The second kappa shape index (κ2) is 4.88. The highest BCUT2D eigenvalue weighted by Gasteiger charge is 2.22. The fourth-order valence-corrected chi connectivity index (χ4v) is 2.57. The summed E-state index contributed by atoms with van der Waals surface area (Å²) in [5.41, 5.74) is 8.43. The maximum absolute atomic E-state index is 5.86. The zero-order chi connectivity index (χ0) is 11.5. The summed E-state index contributed by atoms with van der Waals surface area (Å²) < 4.78 is 0. The van der Waals surface area contributed by atoms with Crippen molar-refractivity contribution in [3.8, 4) is 0 Å². The van der Waals surface area contributed by atoms with Crippen molar-refractivity contribution in [1.29, 1.82) is 0 Å². The standard InChI is InChI=1S/C14H22N2/c1-3-13-5-4-10-16(13)14-8-6-12(7-9-14)11(2)15/h6-9,11,13H,3-5,10,15H2,1-2H3/t11-,13?/m1/s1. The number of hydrogen-bond acceptors (Lipinski definition) is 2. The molecule has 1 aromatic rings. The summed E-state index contributed by atoms with van der Waals surface area (Å²) in [5.74, 6) is 0. The molecular formula is C14H22N2. The molecule has 0 radical (unpaired) electrons. The summed E-state index contributed by atoms with van der Waals surface area (Å²) >= 11 is 0. The molecule has 2 atom stereocenters. The Bertz CT molecular complexity index is 329. The molecule has 2 nitrogen and oxygen atoms in total. The largest absolute Gasteiger partial charge is 0.369 e. The van der Waals surface area contributed by atoms with Crippen LogP contribution in [0, 0.1) is 0 Å². The second-order valence-corrected chi connectivity index (χ2v) is 4.78. The maximum atomic E-state index is 5.86. The van der Waals surface area contributed by atoms with E-state index in [2.05, 4.69) is 36.1 Å². The van der Waals surface area contributed by atoms with E-state index in [1.807, 2.05) is 6.92 Å². The molecule has 2 N–H and O–H groups in total. The van der Waals surface area contributed by atoms with Gasteiger partial charge in [-0.25, -0.2) is 0 Å². The minimum Gasteiger partial charge on any atom is -0.369 e. The van der Waals surface area contributed by atoms with Gasteiger partial charge in [-0.3, -0.25) is 0 Å². The number of benzene rings is 1. The molecular weight excluding hydrogens is 196 g/mol. The molecule has 16 heavy (non-hydrogen) atoms. The van der Waals surface area contributed by atoms with Gasteiger partial charge in [-0.05, 0) is 43.9 Å². The normalized spacial score (nSPS) is 22.4. The molecule has 2 heteroatoms. The Hall–Kier alpha value is -1.02. The van der Waals surface area contributed by atoms with Gasteiger partial charge >= 0.3 is 0 Å². The van der Waals surface area contributed by atoms with E-state index in [-0.39, 0.29) is 6.04 Å². The van der Waals surface area contributed by atoms with Crippen molar-refractivity contribution in [2.24, 2.45) is 5.73 Å². The summed E-state index contributed by atoms with van der Waals surface area (Å²) in [7, 11) is 0. The lowest BCUT2D eigenvalue weighted by Gasteiger charge is -2.26. The van der Waals surface area contributed by atoms with Crippen molar-refractivity contribution >= 4 is 5.69 Å². The van der Waals surface area contributed by atoms with Crippen LogP contribution in [0.25, 0.3) is 0 Å². The van der Waals surface area contributed by atoms with E-state index in [9.17, 15) is 0 Å². The van der Waals surface area contributed by atoms with Crippen LogP contribution in [0.5, 0.6) is 0 Å². The van der Waals surface area contributed by atoms with Crippen LogP contribution in [0.2, 0.25) is 0 Å². The Morgan fingerprint density at radius 3 is 2.62 bits per heavy atom. The van der Waals surface area contributed by atoms with Crippen LogP contribution >= 0.6 is 0 Å². The SMILES string of the molecule is CCC1CCCN1c1ccc([C@@H](C)N)cc1. The van der Waals surface area contributed by atoms with Gasteiger partial charge in [-0.1, -0.05) is 19.1 Å². The molecule has 88 valence electrons. The van der Waals surface area contributed by atoms with E-state index in [4.69, 9.17) is 5.73 Å². The van der Waals surface area contributed by atoms with Gasteiger partial charge < -0.3 is 10.6 Å². The van der Waals surface area contributed by atoms with Crippen LogP contribution < -0.4 is 10.6 Å². The summed E-state index contributed by atoms with van der Waals surface area (Å²) in [4.78, 5) is 2.53. The van der Waals surface area contributed by atoms with E-state index in [0.29, 0.717) is 0 Å². The zero-order valence-electron chi connectivity index (χ0n) is 10.3.